The molecule has 7 nitrogen and oxygen atoms in total. The van der Waals surface area contributed by atoms with E-state index in [1.807, 2.05) is 11.9 Å². The van der Waals surface area contributed by atoms with Crippen molar-refractivity contribution in [2.75, 3.05) is 6.54 Å². The topological polar surface area (TPSA) is 75.2 Å². The molecule has 0 spiro atoms. The Kier molecular flexibility index (Phi) is 7.20. The van der Waals surface area contributed by atoms with E-state index in [1.54, 1.807) is 35.3 Å². The lowest BCUT2D eigenvalue weighted by Gasteiger charge is -2.35. The molecule has 0 amide bonds. The zero-order chi connectivity index (χ0) is 24.3. The number of nitrogens with zero attached hydrogens (tertiary/aromatic N) is 5. The van der Waals surface area contributed by atoms with Gasteiger partial charge in [0.25, 0.3) is 0 Å². The van der Waals surface area contributed by atoms with Crippen LogP contribution in [0.4, 0.5) is 18.9 Å². The molecule has 1 aliphatic rings. The number of aliphatic hydroxyl groups excluding tert-OH is 1. The summed E-state index contributed by atoms with van der Waals surface area (Å²) in [6, 6.07) is 10.5. The molecule has 0 saturated carbocycles. The molecule has 1 aromatic heterocycles. The normalized spacial score (nSPS) is 18.4. The van der Waals surface area contributed by atoms with Crippen molar-refractivity contribution in [2.45, 2.75) is 38.0 Å². The third-order valence-electron chi connectivity index (χ3n) is 5.48. The van der Waals surface area contributed by atoms with E-state index in [1.165, 1.54) is 24.3 Å². The van der Waals surface area contributed by atoms with Crippen molar-refractivity contribution in [1.82, 2.24) is 14.5 Å². The van der Waals surface area contributed by atoms with Gasteiger partial charge in [-0.15, -0.1) is 13.2 Å². The maximum absolute atomic E-state index is 12.8. The van der Waals surface area contributed by atoms with Crippen LogP contribution < -0.4 is 4.74 Å². The summed E-state index contributed by atoms with van der Waals surface area (Å²) < 4.78 is 44.2. The number of halogens is 4. The molecule has 4 rings (SSSR count). The van der Waals surface area contributed by atoms with Crippen LogP contribution in [0.1, 0.15) is 31.2 Å². The van der Waals surface area contributed by atoms with Gasteiger partial charge in [-0.25, -0.2) is 9.88 Å². The number of ether oxygens (including phenoxy) is 1. The summed E-state index contributed by atoms with van der Waals surface area (Å²) in [5.41, 5.74) is 1.58. The van der Waals surface area contributed by atoms with Crippen molar-refractivity contribution in [2.24, 2.45) is 17.3 Å². The Labute approximate surface area is 199 Å². The van der Waals surface area contributed by atoms with Crippen molar-refractivity contribution in [3.8, 4) is 16.9 Å². The van der Waals surface area contributed by atoms with Gasteiger partial charge in [0.1, 0.15) is 17.6 Å². The van der Waals surface area contributed by atoms with Crippen molar-refractivity contribution >= 4 is 17.3 Å². The molecule has 1 N–H and O–H groups in total. The lowest BCUT2D eigenvalue weighted by atomic mass is 10.0. The van der Waals surface area contributed by atoms with Crippen LogP contribution in [0.3, 0.4) is 0 Å². The van der Waals surface area contributed by atoms with Crippen LogP contribution in [0.15, 0.2) is 65.2 Å². The first-order valence-corrected chi connectivity index (χ1v) is 11.1. The second kappa shape index (κ2) is 10.1. The highest BCUT2D eigenvalue weighted by atomic mass is 35.5. The molecule has 2 aromatic carbocycles. The number of azo groups is 1. The van der Waals surface area contributed by atoms with E-state index in [9.17, 15) is 18.3 Å². The number of para-hydroxylation sites is 1. The molecule has 1 aliphatic heterocycles. The van der Waals surface area contributed by atoms with Crippen molar-refractivity contribution in [1.29, 1.82) is 0 Å². The standard InChI is InChI=1S/C23H23ClF3N5O2/c1-31-13-19(28-14-31)22(33)32-11-5-4-8-21(32)30-29-15-9-10-16(18(24)12-15)17-6-2-3-7-20(17)34-23(25,26)27/h2-3,6-7,9-10,12-14,21-22,33H,4-5,8,11H2,1H3/b30-29+. The minimum absolute atomic E-state index is 0.212. The number of aromatic nitrogens is 2. The summed E-state index contributed by atoms with van der Waals surface area (Å²) >= 11 is 6.39. The van der Waals surface area contributed by atoms with Gasteiger partial charge in [-0.3, -0.25) is 0 Å². The summed E-state index contributed by atoms with van der Waals surface area (Å²) in [4.78, 5) is 6.07. The van der Waals surface area contributed by atoms with E-state index >= 15 is 0 Å². The predicted molar refractivity (Wildman–Crippen MR) is 121 cm³/mol. The molecule has 2 atom stereocenters. The average molecular weight is 494 g/mol. The number of hydrogen-bond acceptors (Lipinski definition) is 6. The number of imidazole rings is 1. The molecule has 11 heteroatoms. The number of benzene rings is 2. The Morgan fingerprint density at radius 3 is 2.68 bits per heavy atom. The highest BCUT2D eigenvalue weighted by Crippen LogP contribution is 2.39. The van der Waals surface area contributed by atoms with E-state index in [4.69, 9.17) is 11.6 Å². The van der Waals surface area contributed by atoms with E-state index in [2.05, 4.69) is 19.9 Å². The van der Waals surface area contributed by atoms with E-state index in [-0.39, 0.29) is 22.5 Å². The molecule has 0 aliphatic carbocycles. The molecule has 2 unspecified atom stereocenters. The summed E-state index contributed by atoms with van der Waals surface area (Å²) in [6.07, 6.45) is -0.0799. The molecule has 34 heavy (non-hydrogen) atoms. The fourth-order valence-electron chi connectivity index (χ4n) is 3.90. The summed E-state index contributed by atoms with van der Waals surface area (Å²) in [5, 5.41) is 19.7. The molecule has 1 fully saturated rings. The van der Waals surface area contributed by atoms with Crippen molar-refractivity contribution < 1.29 is 23.0 Å². The van der Waals surface area contributed by atoms with Crippen molar-refractivity contribution in [3.63, 3.8) is 0 Å². The lowest BCUT2D eigenvalue weighted by molar-refractivity contribution is -0.274. The first-order valence-electron chi connectivity index (χ1n) is 10.7. The fraction of sp³-hybridized carbons (Fsp3) is 0.348. The number of rotatable bonds is 6. The minimum atomic E-state index is -4.82. The van der Waals surface area contributed by atoms with Gasteiger partial charge in [0.05, 0.1) is 17.0 Å². The van der Waals surface area contributed by atoms with Gasteiger partial charge >= 0.3 is 6.36 Å². The predicted octanol–water partition coefficient (Wildman–Crippen LogP) is 6.23. The summed E-state index contributed by atoms with van der Waals surface area (Å²) in [7, 11) is 1.83. The highest BCUT2D eigenvalue weighted by Gasteiger charge is 2.32. The number of aryl methyl sites for hydroxylation is 1. The molecule has 3 aromatic rings. The van der Waals surface area contributed by atoms with Crippen LogP contribution in [0.25, 0.3) is 11.1 Å². The third-order valence-corrected chi connectivity index (χ3v) is 5.79. The second-order valence-electron chi connectivity index (χ2n) is 7.98. The van der Waals surface area contributed by atoms with Crippen LogP contribution >= 0.6 is 11.6 Å². The number of hydrogen-bond donors (Lipinski definition) is 1. The van der Waals surface area contributed by atoms with E-state index < -0.39 is 12.6 Å². The monoisotopic (exact) mass is 493 g/mol. The van der Waals surface area contributed by atoms with Gasteiger partial charge in [-0.05, 0) is 37.5 Å². The minimum Gasteiger partial charge on any atom is -0.405 e. The third kappa shape index (κ3) is 5.75. The quantitative estimate of drug-likeness (QED) is 0.413. The maximum atomic E-state index is 12.8. The Hall–Kier alpha value is -2.95. The summed E-state index contributed by atoms with van der Waals surface area (Å²) in [5.74, 6) is -0.340. The highest BCUT2D eigenvalue weighted by molar-refractivity contribution is 6.33. The van der Waals surface area contributed by atoms with Crippen LogP contribution in [0.2, 0.25) is 5.02 Å². The van der Waals surface area contributed by atoms with Crippen LogP contribution in [0, 0.1) is 0 Å². The SMILES string of the molecule is Cn1cnc(C(O)N2CCCCC2/N=N/c2ccc(-c3ccccc3OC(F)(F)F)c(Cl)c2)c1. The lowest BCUT2D eigenvalue weighted by Crippen LogP contribution is -2.41. The second-order valence-corrected chi connectivity index (χ2v) is 8.38. The first kappa shape index (κ1) is 24.2. The van der Waals surface area contributed by atoms with E-state index in [0.29, 0.717) is 23.5 Å². The van der Waals surface area contributed by atoms with Crippen LogP contribution in [0.5, 0.6) is 5.75 Å². The van der Waals surface area contributed by atoms with Crippen LogP contribution in [-0.2, 0) is 7.05 Å². The molecule has 180 valence electrons. The Morgan fingerprint density at radius 1 is 1.18 bits per heavy atom. The zero-order valence-electron chi connectivity index (χ0n) is 18.3. The Morgan fingerprint density at radius 2 is 1.97 bits per heavy atom. The van der Waals surface area contributed by atoms with E-state index in [0.717, 1.165) is 19.3 Å². The van der Waals surface area contributed by atoms with Crippen molar-refractivity contribution in [3.05, 3.63) is 65.7 Å². The van der Waals surface area contributed by atoms with Gasteiger partial charge in [0.2, 0.25) is 0 Å². The zero-order valence-corrected chi connectivity index (χ0v) is 19.0. The fourth-order valence-corrected chi connectivity index (χ4v) is 4.18. The first-order chi connectivity index (χ1) is 16.2. The Bertz CT molecular complexity index is 1170. The molecular weight excluding hydrogens is 471 g/mol. The number of likely N-dealkylation sites (tertiary alicyclic amines) is 1. The Balaban J connectivity index is 1.54. The van der Waals surface area contributed by atoms with Crippen LogP contribution in [-0.4, -0.2) is 38.6 Å². The smallest absolute Gasteiger partial charge is 0.405 e. The molecule has 0 bridgehead atoms. The molecule has 2 heterocycles. The number of aliphatic hydroxyl groups is 1. The van der Waals surface area contributed by atoms with Gasteiger partial charge in [-0.1, -0.05) is 35.9 Å². The summed E-state index contributed by atoms with van der Waals surface area (Å²) in [6.45, 7) is 0.650. The van der Waals surface area contributed by atoms with Gasteiger partial charge in [0, 0.05) is 30.9 Å². The molecule has 0 radical (unpaired) electrons. The number of alkyl halides is 3. The van der Waals surface area contributed by atoms with Gasteiger partial charge in [0.15, 0.2) is 6.23 Å². The molecule has 1 saturated heterocycles. The maximum Gasteiger partial charge on any atom is 0.573 e. The van der Waals surface area contributed by atoms with Gasteiger partial charge in [-0.2, -0.15) is 10.2 Å². The average Bonchev–Trinajstić information content (AvgIpc) is 3.23. The molecular formula is C23H23ClF3N5O2. The number of piperidine rings is 1. The van der Waals surface area contributed by atoms with Gasteiger partial charge < -0.3 is 14.4 Å². The largest absolute Gasteiger partial charge is 0.573 e.